The average Bonchev–Trinajstić information content (AvgIpc) is 2.02. The molecule has 3 heteroatoms. The van der Waals surface area contributed by atoms with Crippen LogP contribution in [-0.4, -0.2) is 17.9 Å². The Kier molecular flexibility index (Phi) is 5.43. The van der Waals surface area contributed by atoms with Crippen LogP contribution in [0.2, 0.25) is 0 Å². The Morgan fingerprint density at radius 3 is 2.36 bits per heavy atom. The highest BCUT2D eigenvalue weighted by Crippen LogP contribution is 2.14. The highest BCUT2D eigenvalue weighted by Gasteiger charge is 2.23. The van der Waals surface area contributed by atoms with Gasteiger partial charge in [-0.05, 0) is 27.2 Å². The number of hydrogen-bond donors (Lipinski definition) is 0. The number of ether oxygens (including phenoxy) is 1. The second-order valence-electron chi connectivity index (χ2n) is 4.42. The van der Waals surface area contributed by atoms with E-state index in [2.05, 4.69) is 0 Å². The molecule has 0 bridgehead atoms. The third kappa shape index (κ3) is 5.73. The summed E-state index contributed by atoms with van der Waals surface area (Å²) in [6, 6.07) is 0. The Labute approximate surface area is 85.8 Å². The zero-order valence-electron chi connectivity index (χ0n) is 9.50. The Balaban J connectivity index is 4.11. The standard InChI is InChI=1S/C11H20O3/c1-5-6-7-9(8-12)10(13)14-11(2,3)4/h8-9H,5-7H2,1-4H3. The SMILES string of the molecule is CCCCC(C=O)C(=O)OC(C)(C)C. The minimum atomic E-state index is -0.589. The molecule has 0 aliphatic heterocycles. The van der Waals surface area contributed by atoms with Crippen molar-refractivity contribution < 1.29 is 14.3 Å². The molecule has 0 rings (SSSR count). The molecule has 0 aromatic carbocycles. The first-order valence-corrected chi connectivity index (χ1v) is 5.09. The van der Waals surface area contributed by atoms with Crippen molar-refractivity contribution in [3.8, 4) is 0 Å². The molecule has 0 aliphatic carbocycles. The molecule has 0 saturated heterocycles. The van der Waals surface area contributed by atoms with E-state index in [1.54, 1.807) is 20.8 Å². The van der Waals surface area contributed by atoms with Gasteiger partial charge < -0.3 is 9.53 Å². The van der Waals surface area contributed by atoms with Gasteiger partial charge in [-0.15, -0.1) is 0 Å². The van der Waals surface area contributed by atoms with E-state index in [1.807, 2.05) is 6.92 Å². The smallest absolute Gasteiger partial charge is 0.316 e. The van der Waals surface area contributed by atoms with Crippen LogP contribution in [0, 0.1) is 5.92 Å². The normalized spacial score (nSPS) is 13.4. The number of hydrogen-bond acceptors (Lipinski definition) is 3. The molecule has 0 N–H and O–H groups in total. The quantitative estimate of drug-likeness (QED) is 0.388. The largest absolute Gasteiger partial charge is 0.459 e. The Morgan fingerprint density at radius 2 is 2.00 bits per heavy atom. The molecule has 0 aliphatic rings. The van der Waals surface area contributed by atoms with E-state index in [0.29, 0.717) is 12.7 Å². The van der Waals surface area contributed by atoms with E-state index in [4.69, 9.17) is 4.74 Å². The van der Waals surface area contributed by atoms with Gasteiger partial charge in [-0.1, -0.05) is 19.8 Å². The van der Waals surface area contributed by atoms with Crippen LogP contribution in [0.15, 0.2) is 0 Å². The summed E-state index contributed by atoms with van der Waals surface area (Å²) in [7, 11) is 0. The monoisotopic (exact) mass is 200 g/mol. The molecule has 1 unspecified atom stereocenters. The lowest BCUT2D eigenvalue weighted by Crippen LogP contribution is -2.29. The van der Waals surface area contributed by atoms with Crippen molar-refractivity contribution in [2.45, 2.75) is 52.6 Å². The first kappa shape index (κ1) is 13.1. The van der Waals surface area contributed by atoms with Crippen LogP contribution in [0.25, 0.3) is 0 Å². The summed E-state index contributed by atoms with van der Waals surface area (Å²) >= 11 is 0. The van der Waals surface area contributed by atoms with Crippen LogP contribution < -0.4 is 0 Å². The van der Waals surface area contributed by atoms with Crippen molar-refractivity contribution in [3.63, 3.8) is 0 Å². The second-order valence-corrected chi connectivity index (χ2v) is 4.42. The number of aldehydes is 1. The van der Waals surface area contributed by atoms with Gasteiger partial charge >= 0.3 is 5.97 Å². The summed E-state index contributed by atoms with van der Waals surface area (Å²) in [6.07, 6.45) is 3.13. The maximum atomic E-state index is 11.4. The van der Waals surface area contributed by atoms with E-state index in [-0.39, 0.29) is 0 Å². The topological polar surface area (TPSA) is 43.4 Å². The van der Waals surface area contributed by atoms with Gasteiger partial charge in [0.2, 0.25) is 0 Å². The first-order chi connectivity index (χ1) is 6.40. The molecular weight excluding hydrogens is 180 g/mol. The molecule has 0 fully saturated rings. The Hall–Kier alpha value is -0.860. The van der Waals surface area contributed by atoms with E-state index in [1.165, 1.54) is 0 Å². The van der Waals surface area contributed by atoms with Gasteiger partial charge in [0.05, 0.1) is 0 Å². The van der Waals surface area contributed by atoms with Gasteiger partial charge in [0.25, 0.3) is 0 Å². The van der Waals surface area contributed by atoms with Crippen molar-refractivity contribution in [2.75, 3.05) is 0 Å². The third-order valence-electron chi connectivity index (χ3n) is 1.74. The van der Waals surface area contributed by atoms with Crippen LogP contribution in [0.1, 0.15) is 47.0 Å². The maximum absolute atomic E-state index is 11.4. The lowest BCUT2D eigenvalue weighted by molar-refractivity contribution is -0.160. The molecule has 0 amide bonds. The van der Waals surface area contributed by atoms with Crippen molar-refractivity contribution in [2.24, 2.45) is 5.92 Å². The molecule has 0 spiro atoms. The first-order valence-electron chi connectivity index (χ1n) is 5.09. The molecule has 0 aromatic heterocycles. The van der Waals surface area contributed by atoms with Crippen molar-refractivity contribution >= 4 is 12.3 Å². The second kappa shape index (κ2) is 5.78. The summed E-state index contributed by atoms with van der Waals surface area (Å²) in [4.78, 5) is 22.1. The van der Waals surface area contributed by atoms with E-state index in [9.17, 15) is 9.59 Å². The van der Waals surface area contributed by atoms with E-state index < -0.39 is 17.5 Å². The molecule has 82 valence electrons. The molecule has 0 aromatic rings. The lowest BCUT2D eigenvalue weighted by Gasteiger charge is -2.21. The van der Waals surface area contributed by atoms with E-state index in [0.717, 1.165) is 12.8 Å². The van der Waals surface area contributed by atoms with Crippen LogP contribution in [0.4, 0.5) is 0 Å². The summed E-state index contributed by atoms with van der Waals surface area (Å²) < 4.78 is 5.12. The molecule has 0 heterocycles. The van der Waals surface area contributed by atoms with Gasteiger partial charge in [0, 0.05) is 0 Å². The summed E-state index contributed by atoms with van der Waals surface area (Å²) in [5.41, 5.74) is -0.509. The fourth-order valence-corrected chi connectivity index (χ4v) is 1.04. The highest BCUT2D eigenvalue weighted by atomic mass is 16.6. The van der Waals surface area contributed by atoms with Crippen molar-refractivity contribution in [3.05, 3.63) is 0 Å². The Bertz CT molecular complexity index is 191. The number of esters is 1. The zero-order chi connectivity index (χ0) is 11.2. The van der Waals surface area contributed by atoms with Gasteiger partial charge in [-0.25, -0.2) is 0 Å². The van der Waals surface area contributed by atoms with Crippen LogP contribution in [0.5, 0.6) is 0 Å². The van der Waals surface area contributed by atoms with Gasteiger partial charge in [-0.3, -0.25) is 4.79 Å². The van der Waals surface area contributed by atoms with Gasteiger partial charge in [0.15, 0.2) is 0 Å². The summed E-state index contributed by atoms with van der Waals surface area (Å²) in [5, 5.41) is 0. The third-order valence-corrected chi connectivity index (χ3v) is 1.74. The van der Waals surface area contributed by atoms with Crippen molar-refractivity contribution in [1.82, 2.24) is 0 Å². The molecule has 0 saturated carbocycles. The predicted octanol–water partition coefficient (Wildman–Crippen LogP) is 2.33. The molecule has 1 atom stereocenters. The number of unbranched alkanes of at least 4 members (excludes halogenated alkanes) is 1. The molecule has 0 radical (unpaired) electrons. The highest BCUT2D eigenvalue weighted by molar-refractivity contribution is 5.87. The van der Waals surface area contributed by atoms with Gasteiger partial charge in [0.1, 0.15) is 17.8 Å². The Morgan fingerprint density at radius 1 is 1.43 bits per heavy atom. The molecular formula is C11H20O3. The molecule has 3 nitrogen and oxygen atoms in total. The predicted molar refractivity (Wildman–Crippen MR) is 54.9 cm³/mol. The summed E-state index contributed by atoms with van der Waals surface area (Å²) in [6.45, 7) is 7.42. The number of rotatable bonds is 5. The van der Waals surface area contributed by atoms with Gasteiger partial charge in [-0.2, -0.15) is 0 Å². The number of carbonyl (C=O) groups is 2. The van der Waals surface area contributed by atoms with E-state index >= 15 is 0 Å². The molecule has 14 heavy (non-hydrogen) atoms. The lowest BCUT2D eigenvalue weighted by atomic mass is 10.0. The van der Waals surface area contributed by atoms with Crippen molar-refractivity contribution in [1.29, 1.82) is 0 Å². The van der Waals surface area contributed by atoms with Crippen LogP contribution in [0.3, 0.4) is 0 Å². The van der Waals surface area contributed by atoms with Crippen LogP contribution >= 0.6 is 0 Å². The summed E-state index contributed by atoms with van der Waals surface area (Å²) in [5.74, 6) is -0.991. The minimum absolute atomic E-state index is 0.402. The fourth-order valence-electron chi connectivity index (χ4n) is 1.04. The number of carbonyl (C=O) groups excluding carboxylic acids is 2. The maximum Gasteiger partial charge on any atom is 0.316 e. The fraction of sp³-hybridized carbons (Fsp3) is 0.818. The minimum Gasteiger partial charge on any atom is -0.459 e. The average molecular weight is 200 g/mol. The zero-order valence-corrected chi connectivity index (χ0v) is 9.50. The van der Waals surface area contributed by atoms with Crippen LogP contribution in [-0.2, 0) is 14.3 Å².